The molecule has 0 N–H and O–H groups in total. The molecular formula is C4H3I7O3S. The van der Waals surface area contributed by atoms with Crippen LogP contribution in [-0.4, -0.2) is 17.2 Å². The maximum Gasteiger partial charge on any atom is 0.294 e. The van der Waals surface area contributed by atoms with Gasteiger partial charge in [-0.15, -0.1) is 0 Å². The molecule has 0 heterocycles. The highest BCUT2D eigenvalue weighted by atomic mass is 127. The number of hydrogen-bond donors (Lipinski definition) is 0. The summed E-state index contributed by atoms with van der Waals surface area (Å²) < 4.78 is 26.5. The van der Waals surface area contributed by atoms with Gasteiger partial charge in [0.1, 0.15) is 1.43 Å². The second kappa shape index (κ2) is 6.85. The minimum absolute atomic E-state index is 0.255. The lowest BCUT2D eigenvalue weighted by molar-refractivity contribution is 0.395. The van der Waals surface area contributed by atoms with E-state index >= 15 is 0 Å². The molecule has 0 aliphatic heterocycles. The van der Waals surface area contributed by atoms with Gasteiger partial charge in [-0.05, 0) is 45.2 Å². The van der Waals surface area contributed by atoms with Crippen molar-refractivity contribution in [2.75, 3.05) is 7.11 Å². The average molecular weight is 1020 g/mol. The fourth-order valence-corrected chi connectivity index (χ4v) is 9.47. The first kappa shape index (κ1) is 20.0. The SMILES string of the molecule is COS(=O)(=O)C(I)(I)C(I)(I)C(I)(I)I. The second-order valence-electron chi connectivity index (χ2n) is 2.21. The van der Waals surface area contributed by atoms with Crippen LogP contribution in [0.4, 0.5) is 0 Å². The van der Waals surface area contributed by atoms with Gasteiger partial charge in [0.05, 0.1) is 7.11 Å². The van der Waals surface area contributed by atoms with Crippen LogP contribution in [-0.2, 0) is 14.3 Å². The van der Waals surface area contributed by atoms with E-state index in [9.17, 15) is 8.42 Å². The minimum Gasteiger partial charge on any atom is -0.272 e. The first-order chi connectivity index (χ1) is 6.31. The van der Waals surface area contributed by atoms with Crippen LogP contribution in [0.1, 0.15) is 0 Å². The lowest BCUT2D eigenvalue weighted by Crippen LogP contribution is -2.49. The van der Waals surface area contributed by atoms with Gasteiger partial charge in [0.15, 0.2) is -0.565 Å². The Labute approximate surface area is 185 Å². The summed E-state index contributed by atoms with van der Waals surface area (Å²) >= 11 is 14.9. The van der Waals surface area contributed by atoms with Crippen molar-refractivity contribution in [3.05, 3.63) is 0 Å². The molecule has 0 rings (SSSR count). The summed E-state index contributed by atoms with van der Waals surface area (Å²) in [7, 11) is -2.40. The van der Waals surface area contributed by atoms with Gasteiger partial charge >= 0.3 is 0 Å². The molecule has 15 heavy (non-hydrogen) atoms. The summed E-state index contributed by atoms with van der Waals surface area (Å²) in [6.45, 7) is 0. The van der Waals surface area contributed by atoms with Crippen molar-refractivity contribution in [2.45, 2.75) is 1.62 Å². The molecule has 92 valence electrons. The van der Waals surface area contributed by atoms with E-state index in [1.807, 2.05) is 45.2 Å². The van der Waals surface area contributed by atoms with Gasteiger partial charge in [-0.1, -0.05) is 113 Å². The second-order valence-corrected chi connectivity index (χ2v) is 27.2. The van der Waals surface area contributed by atoms with Crippen LogP contribution in [0.15, 0.2) is 0 Å². The van der Waals surface area contributed by atoms with Crippen molar-refractivity contribution in [3.8, 4) is 0 Å². The zero-order chi connectivity index (χ0) is 12.7. The third-order valence-electron chi connectivity index (χ3n) is 1.25. The van der Waals surface area contributed by atoms with Gasteiger partial charge in [0.25, 0.3) is 10.1 Å². The van der Waals surface area contributed by atoms with E-state index < -0.39 is 12.3 Å². The summed E-state index contributed by atoms with van der Waals surface area (Å²) in [5.74, 6) is 0. The van der Waals surface area contributed by atoms with Crippen LogP contribution in [0.25, 0.3) is 0 Å². The van der Waals surface area contributed by atoms with E-state index in [2.05, 4.69) is 117 Å². The van der Waals surface area contributed by atoms with Crippen LogP contribution in [0, 0.1) is 0 Å². The summed E-state index contributed by atoms with van der Waals surface area (Å²) in [6.07, 6.45) is 0. The van der Waals surface area contributed by atoms with Crippen LogP contribution < -0.4 is 0 Å². The predicted molar refractivity (Wildman–Crippen MR) is 122 cm³/mol. The largest absolute Gasteiger partial charge is 0.294 e. The molecule has 0 spiro atoms. The predicted octanol–water partition coefficient (Wildman–Crippen LogP) is 5.01. The molecule has 0 radical (unpaired) electrons. The standard InChI is InChI=1S/C4H3I7O3S/c1-14-15(12,13)4(10,11)2(5,6)3(7,8)9/h1H3. The topological polar surface area (TPSA) is 43.4 Å². The molecular weight excluding hydrogens is 1020 g/mol. The van der Waals surface area contributed by atoms with Crippen LogP contribution in [0.2, 0.25) is 0 Å². The first-order valence-electron chi connectivity index (χ1n) is 2.94. The maximum absolute atomic E-state index is 11.9. The molecule has 0 aliphatic rings. The van der Waals surface area contributed by atoms with E-state index in [-0.39, 0.29) is -0.565 Å². The van der Waals surface area contributed by atoms with Crippen molar-refractivity contribution < 1.29 is 12.6 Å². The third kappa shape index (κ3) is 4.49. The molecule has 0 saturated carbocycles. The number of alkyl halides is 7. The van der Waals surface area contributed by atoms with Crippen molar-refractivity contribution in [1.29, 1.82) is 0 Å². The summed E-state index contributed by atoms with van der Waals surface area (Å²) in [5, 5.41) is 0. The Morgan fingerprint density at radius 2 is 1.27 bits per heavy atom. The Bertz CT molecular complexity index is 329. The minimum atomic E-state index is -3.59. The molecule has 0 saturated heterocycles. The molecule has 0 aliphatic carbocycles. The normalized spacial score (nSPS) is 15.5. The fraction of sp³-hybridized carbons (Fsp3) is 1.00. The molecule has 3 nitrogen and oxygen atoms in total. The molecule has 0 unspecified atom stereocenters. The molecule has 0 aromatic heterocycles. The monoisotopic (exact) mass is 1020 g/mol. The average Bonchev–Trinajstić information content (AvgIpc) is 2.01. The Morgan fingerprint density at radius 3 is 1.47 bits per heavy atom. The van der Waals surface area contributed by atoms with Crippen molar-refractivity contribution in [1.82, 2.24) is 0 Å². The zero-order valence-electron chi connectivity index (χ0n) is 6.78. The molecule has 0 amide bonds. The quantitative estimate of drug-likeness (QED) is 0.226. The van der Waals surface area contributed by atoms with Gasteiger partial charge in [-0.3, -0.25) is 4.18 Å². The molecule has 0 bridgehead atoms. The van der Waals surface area contributed by atoms with Crippen LogP contribution in [0.5, 0.6) is 0 Å². The molecule has 0 atom stereocenters. The summed E-state index contributed by atoms with van der Waals surface area (Å²) in [5.41, 5.74) is 0. The number of hydrogen-bond acceptors (Lipinski definition) is 3. The lowest BCUT2D eigenvalue weighted by atomic mass is 10.6. The molecule has 0 fully saturated rings. The lowest BCUT2D eigenvalue weighted by Gasteiger charge is -2.38. The van der Waals surface area contributed by atoms with Gasteiger partial charge in [-0.2, -0.15) is 8.42 Å². The van der Waals surface area contributed by atoms with Crippen molar-refractivity contribution >= 4 is 168 Å². The van der Waals surface area contributed by atoms with E-state index in [4.69, 9.17) is 0 Å². The van der Waals surface area contributed by atoms with Crippen molar-refractivity contribution in [2.24, 2.45) is 0 Å². The Balaban J connectivity index is 5.60. The fourth-order valence-electron chi connectivity index (χ4n) is 0.427. The van der Waals surface area contributed by atoms with E-state index in [1.165, 1.54) is 7.11 Å². The van der Waals surface area contributed by atoms with E-state index in [0.29, 0.717) is 0 Å². The van der Waals surface area contributed by atoms with Gasteiger partial charge < -0.3 is 0 Å². The number of halogens is 7. The summed E-state index contributed by atoms with van der Waals surface area (Å²) in [4.78, 5) is 0. The Morgan fingerprint density at radius 1 is 0.933 bits per heavy atom. The van der Waals surface area contributed by atoms with E-state index in [0.717, 1.165) is 0 Å². The Kier molecular flexibility index (Phi) is 9.15. The maximum atomic E-state index is 11.9. The highest BCUT2D eigenvalue weighted by molar-refractivity contribution is 14.3. The molecule has 0 aromatic carbocycles. The smallest absolute Gasteiger partial charge is 0.272 e. The van der Waals surface area contributed by atoms with Crippen LogP contribution >= 0.6 is 158 Å². The molecule has 11 heteroatoms. The van der Waals surface area contributed by atoms with Gasteiger partial charge in [0.2, 0.25) is 0.760 Å². The first-order valence-corrected chi connectivity index (χ1v) is 11.9. The summed E-state index contributed by atoms with van der Waals surface area (Å²) in [6, 6.07) is 0. The highest BCUT2D eigenvalue weighted by Gasteiger charge is 2.63. The number of rotatable bonds is 4. The van der Waals surface area contributed by atoms with Crippen molar-refractivity contribution in [3.63, 3.8) is 0 Å². The third-order valence-corrected chi connectivity index (χ3v) is 24.2. The van der Waals surface area contributed by atoms with Gasteiger partial charge in [-0.25, -0.2) is 0 Å². The van der Waals surface area contributed by atoms with E-state index in [1.54, 1.807) is 0 Å². The Hall–Kier alpha value is 5.02. The zero-order valence-corrected chi connectivity index (χ0v) is 22.7. The molecule has 0 aromatic rings. The van der Waals surface area contributed by atoms with Gasteiger partial charge in [0, 0.05) is 0 Å². The highest BCUT2D eigenvalue weighted by Crippen LogP contribution is 2.65. The van der Waals surface area contributed by atoms with Crippen LogP contribution in [0.3, 0.4) is 0 Å².